The summed E-state index contributed by atoms with van der Waals surface area (Å²) >= 11 is 0.699. The van der Waals surface area contributed by atoms with Crippen LogP contribution in [0.5, 0.6) is 5.75 Å². The monoisotopic (exact) mass is 327 g/mol. The minimum atomic E-state index is -3.75. The first-order valence-electron chi connectivity index (χ1n) is 5.91. The number of aromatic carboxylic acids is 1. The van der Waals surface area contributed by atoms with Gasteiger partial charge in [0.15, 0.2) is 0 Å². The molecule has 1 heterocycles. The zero-order chi connectivity index (χ0) is 15.6. The quantitative estimate of drug-likeness (QED) is 0.778. The maximum atomic E-state index is 12.1. The number of sulfonamides is 1. The fourth-order valence-corrected chi connectivity index (χ4v) is 3.86. The Bertz CT molecular complexity index is 780. The lowest BCUT2D eigenvalue weighted by Gasteiger charge is -2.06. The number of phenolic OH excluding ortho intramolecular Hbond substituents is 1. The van der Waals surface area contributed by atoms with Gasteiger partial charge in [-0.2, -0.15) is 0 Å². The van der Waals surface area contributed by atoms with Gasteiger partial charge in [0, 0.05) is 6.54 Å². The molecule has 0 saturated carbocycles. The minimum absolute atomic E-state index is 0.0316. The second-order valence-corrected chi connectivity index (χ2v) is 7.45. The predicted octanol–water partition coefficient (Wildman–Crippen LogP) is 1.94. The van der Waals surface area contributed by atoms with Gasteiger partial charge in [0.05, 0.1) is 0 Å². The van der Waals surface area contributed by atoms with E-state index in [1.54, 1.807) is 19.1 Å². The lowest BCUT2D eigenvalue weighted by Crippen LogP contribution is -2.22. The molecular weight excluding hydrogens is 314 g/mol. The summed E-state index contributed by atoms with van der Waals surface area (Å²) in [6, 6.07) is 7.30. The zero-order valence-corrected chi connectivity index (χ0v) is 12.7. The number of rotatable bonds is 5. The van der Waals surface area contributed by atoms with Crippen LogP contribution in [0.25, 0.3) is 0 Å². The summed E-state index contributed by atoms with van der Waals surface area (Å²) in [6.45, 7) is 1.77. The van der Waals surface area contributed by atoms with Crippen LogP contribution in [0.2, 0.25) is 0 Å². The van der Waals surface area contributed by atoms with Crippen LogP contribution in [0.1, 0.15) is 20.8 Å². The number of phenols is 1. The summed E-state index contributed by atoms with van der Waals surface area (Å²) in [5, 5.41) is 18.2. The van der Waals surface area contributed by atoms with Crippen molar-refractivity contribution in [3.63, 3.8) is 0 Å². The molecule has 0 radical (unpaired) electrons. The lowest BCUT2D eigenvalue weighted by molar-refractivity contribution is 0.0702. The van der Waals surface area contributed by atoms with Gasteiger partial charge in [0.2, 0.25) is 10.0 Å². The average molecular weight is 327 g/mol. The molecule has 0 bridgehead atoms. The Morgan fingerprint density at radius 2 is 2.00 bits per heavy atom. The Labute approximate surface area is 125 Å². The van der Waals surface area contributed by atoms with Gasteiger partial charge in [0.1, 0.15) is 14.8 Å². The number of benzene rings is 1. The standard InChI is InChI=1S/C13H13NO5S2/c1-8-6-9(2-3-10(8)15)7-14-21(18,19)12-5-4-11(20-12)13(16)17/h2-6,14-15H,7H2,1H3,(H,16,17). The number of hydrogen-bond acceptors (Lipinski definition) is 5. The van der Waals surface area contributed by atoms with Gasteiger partial charge in [-0.05, 0) is 36.2 Å². The molecule has 0 fully saturated rings. The first-order chi connectivity index (χ1) is 9.79. The second kappa shape index (κ2) is 5.84. The van der Waals surface area contributed by atoms with Gasteiger partial charge in [-0.15, -0.1) is 11.3 Å². The van der Waals surface area contributed by atoms with Crippen molar-refractivity contribution >= 4 is 27.3 Å². The fraction of sp³-hybridized carbons (Fsp3) is 0.154. The van der Waals surface area contributed by atoms with Gasteiger partial charge in [0.25, 0.3) is 0 Å². The third-order valence-corrected chi connectivity index (χ3v) is 5.75. The average Bonchev–Trinajstić information content (AvgIpc) is 2.91. The molecule has 0 spiro atoms. The number of carbonyl (C=O) groups is 1. The van der Waals surface area contributed by atoms with E-state index in [1.165, 1.54) is 18.2 Å². The maximum absolute atomic E-state index is 12.1. The number of carboxylic acid groups (broad SMARTS) is 1. The first-order valence-corrected chi connectivity index (χ1v) is 8.21. The molecule has 0 amide bonds. The summed E-state index contributed by atoms with van der Waals surface area (Å²) in [7, 11) is -3.75. The van der Waals surface area contributed by atoms with Crippen LogP contribution in [0.4, 0.5) is 0 Å². The van der Waals surface area contributed by atoms with E-state index in [1.807, 2.05) is 0 Å². The van der Waals surface area contributed by atoms with E-state index in [0.29, 0.717) is 22.5 Å². The molecule has 1 aromatic carbocycles. The highest BCUT2D eigenvalue weighted by Crippen LogP contribution is 2.22. The molecule has 2 rings (SSSR count). The number of thiophene rings is 1. The Morgan fingerprint density at radius 3 is 2.57 bits per heavy atom. The van der Waals surface area contributed by atoms with Gasteiger partial charge in [-0.1, -0.05) is 12.1 Å². The van der Waals surface area contributed by atoms with Crippen LogP contribution in [0.15, 0.2) is 34.5 Å². The zero-order valence-electron chi connectivity index (χ0n) is 11.0. The van der Waals surface area contributed by atoms with Gasteiger partial charge in [-0.25, -0.2) is 17.9 Å². The lowest BCUT2D eigenvalue weighted by atomic mass is 10.1. The van der Waals surface area contributed by atoms with E-state index in [9.17, 15) is 18.3 Å². The van der Waals surface area contributed by atoms with Crippen LogP contribution in [0.3, 0.4) is 0 Å². The maximum Gasteiger partial charge on any atom is 0.345 e. The summed E-state index contributed by atoms with van der Waals surface area (Å²) in [6.07, 6.45) is 0. The number of aromatic hydroxyl groups is 1. The highest BCUT2D eigenvalue weighted by molar-refractivity contribution is 7.91. The molecule has 0 aliphatic heterocycles. The molecular formula is C13H13NO5S2. The van der Waals surface area contributed by atoms with Crippen LogP contribution in [0, 0.1) is 6.92 Å². The van der Waals surface area contributed by atoms with Crippen LogP contribution >= 0.6 is 11.3 Å². The summed E-state index contributed by atoms with van der Waals surface area (Å²) in [5.41, 5.74) is 1.35. The van der Waals surface area contributed by atoms with E-state index in [4.69, 9.17) is 5.11 Å². The second-order valence-electron chi connectivity index (χ2n) is 4.37. The number of aryl methyl sites for hydroxylation is 1. The van der Waals surface area contributed by atoms with Gasteiger partial charge < -0.3 is 10.2 Å². The summed E-state index contributed by atoms with van der Waals surface area (Å²) < 4.78 is 26.5. The first kappa shape index (κ1) is 15.5. The van der Waals surface area contributed by atoms with E-state index in [-0.39, 0.29) is 21.4 Å². The molecule has 0 aliphatic rings. The smallest absolute Gasteiger partial charge is 0.345 e. The molecule has 3 N–H and O–H groups in total. The Hall–Kier alpha value is -1.90. The van der Waals surface area contributed by atoms with Crippen LogP contribution in [-0.4, -0.2) is 24.6 Å². The van der Waals surface area contributed by atoms with E-state index in [0.717, 1.165) is 0 Å². The van der Waals surface area contributed by atoms with Crippen LogP contribution in [-0.2, 0) is 16.6 Å². The number of carboxylic acids is 1. The molecule has 0 saturated heterocycles. The molecule has 0 unspecified atom stereocenters. The Balaban J connectivity index is 2.13. The van der Waals surface area contributed by atoms with Crippen LogP contribution < -0.4 is 4.72 Å². The molecule has 0 aliphatic carbocycles. The van der Waals surface area contributed by atoms with Gasteiger partial charge >= 0.3 is 5.97 Å². The molecule has 1 aromatic heterocycles. The number of hydrogen-bond donors (Lipinski definition) is 3. The third-order valence-electron chi connectivity index (χ3n) is 2.78. The Morgan fingerprint density at radius 1 is 1.29 bits per heavy atom. The van der Waals surface area contributed by atoms with Crippen molar-refractivity contribution in [2.24, 2.45) is 0 Å². The minimum Gasteiger partial charge on any atom is -0.508 e. The van der Waals surface area contributed by atoms with Crippen molar-refractivity contribution in [1.29, 1.82) is 0 Å². The molecule has 2 aromatic rings. The summed E-state index contributed by atoms with van der Waals surface area (Å²) in [4.78, 5) is 10.7. The van der Waals surface area contributed by atoms with Crippen molar-refractivity contribution in [3.8, 4) is 5.75 Å². The molecule has 6 nitrogen and oxygen atoms in total. The normalized spacial score (nSPS) is 11.5. The fourth-order valence-electron chi connectivity index (χ4n) is 1.66. The van der Waals surface area contributed by atoms with Gasteiger partial charge in [-0.3, -0.25) is 0 Å². The predicted molar refractivity (Wildman–Crippen MR) is 78.1 cm³/mol. The largest absolute Gasteiger partial charge is 0.508 e. The van der Waals surface area contributed by atoms with Crippen molar-refractivity contribution in [2.45, 2.75) is 17.7 Å². The molecule has 8 heteroatoms. The SMILES string of the molecule is Cc1cc(CNS(=O)(=O)c2ccc(C(=O)O)s2)ccc1O. The van der Waals surface area contributed by atoms with Crippen molar-refractivity contribution in [2.75, 3.05) is 0 Å². The molecule has 21 heavy (non-hydrogen) atoms. The topological polar surface area (TPSA) is 104 Å². The molecule has 0 atom stereocenters. The highest BCUT2D eigenvalue weighted by Gasteiger charge is 2.18. The molecule has 112 valence electrons. The van der Waals surface area contributed by atoms with Crippen molar-refractivity contribution < 1.29 is 23.4 Å². The summed E-state index contributed by atoms with van der Waals surface area (Å²) in [5.74, 6) is -1.01. The van der Waals surface area contributed by atoms with Crippen molar-refractivity contribution in [3.05, 3.63) is 46.3 Å². The van der Waals surface area contributed by atoms with E-state index in [2.05, 4.69) is 4.72 Å². The van der Waals surface area contributed by atoms with Crippen molar-refractivity contribution in [1.82, 2.24) is 4.72 Å². The third kappa shape index (κ3) is 3.60. The highest BCUT2D eigenvalue weighted by atomic mass is 32.2. The number of nitrogens with one attached hydrogen (secondary N) is 1. The van der Waals surface area contributed by atoms with E-state index >= 15 is 0 Å². The van der Waals surface area contributed by atoms with E-state index < -0.39 is 16.0 Å². The Kier molecular flexibility index (Phi) is 4.31.